The largest absolute Gasteiger partial charge is 0.339 e. The van der Waals surface area contributed by atoms with Gasteiger partial charge in [-0.1, -0.05) is 19.3 Å². The molecule has 144 valence electrons. The molecule has 2 fully saturated rings. The number of amides is 3. The van der Waals surface area contributed by atoms with E-state index in [1.807, 2.05) is 0 Å². The molecule has 26 heavy (non-hydrogen) atoms. The van der Waals surface area contributed by atoms with E-state index in [4.69, 9.17) is 5.73 Å². The maximum atomic E-state index is 12.9. The molecule has 3 amide bonds. The van der Waals surface area contributed by atoms with Gasteiger partial charge in [-0.2, -0.15) is 0 Å². The summed E-state index contributed by atoms with van der Waals surface area (Å²) in [5.41, 5.74) is 6.11. The summed E-state index contributed by atoms with van der Waals surface area (Å²) in [6.45, 7) is 1.09. The molecule has 1 saturated heterocycles. The standard InChI is InChI=1S/C18H25FN4O2.ClH/c19-13-4-6-14(7-5-13)21-17(25)22-15-8-11-23(12-15)16(24)18(20)9-2-1-3-10-18;/h4-7,15H,1-3,8-12,20H2,(H2,21,22,25);1H. The second-order valence-electron chi connectivity index (χ2n) is 7.06. The second-order valence-corrected chi connectivity index (χ2v) is 7.06. The van der Waals surface area contributed by atoms with E-state index in [1.54, 1.807) is 4.90 Å². The highest BCUT2D eigenvalue weighted by atomic mass is 35.5. The van der Waals surface area contributed by atoms with Crippen molar-refractivity contribution in [2.24, 2.45) is 5.73 Å². The van der Waals surface area contributed by atoms with Crippen LogP contribution in [-0.4, -0.2) is 41.5 Å². The van der Waals surface area contributed by atoms with Gasteiger partial charge < -0.3 is 21.3 Å². The van der Waals surface area contributed by atoms with E-state index in [1.165, 1.54) is 24.3 Å². The molecule has 2 aliphatic rings. The molecule has 1 saturated carbocycles. The van der Waals surface area contributed by atoms with Crippen LogP contribution in [0.2, 0.25) is 0 Å². The first kappa shape index (κ1) is 20.5. The molecule has 1 aromatic carbocycles. The van der Waals surface area contributed by atoms with Crippen molar-refractivity contribution in [1.82, 2.24) is 10.2 Å². The zero-order valence-electron chi connectivity index (χ0n) is 14.7. The van der Waals surface area contributed by atoms with E-state index in [2.05, 4.69) is 10.6 Å². The highest BCUT2D eigenvalue weighted by Gasteiger charge is 2.40. The van der Waals surface area contributed by atoms with E-state index in [9.17, 15) is 14.0 Å². The molecule has 1 aliphatic heterocycles. The maximum Gasteiger partial charge on any atom is 0.319 e. The fourth-order valence-electron chi connectivity index (χ4n) is 3.66. The van der Waals surface area contributed by atoms with Gasteiger partial charge in [0, 0.05) is 24.8 Å². The number of hydrogen-bond donors (Lipinski definition) is 3. The van der Waals surface area contributed by atoms with Gasteiger partial charge in [-0.05, 0) is 43.5 Å². The van der Waals surface area contributed by atoms with Crippen LogP contribution in [0.25, 0.3) is 0 Å². The van der Waals surface area contributed by atoms with Gasteiger partial charge in [0.2, 0.25) is 5.91 Å². The van der Waals surface area contributed by atoms with Crippen molar-refractivity contribution in [3.8, 4) is 0 Å². The van der Waals surface area contributed by atoms with Crippen LogP contribution >= 0.6 is 12.4 Å². The molecule has 1 aliphatic carbocycles. The van der Waals surface area contributed by atoms with Crippen molar-refractivity contribution in [3.63, 3.8) is 0 Å². The summed E-state index contributed by atoms with van der Waals surface area (Å²) >= 11 is 0. The van der Waals surface area contributed by atoms with Crippen molar-refractivity contribution in [2.45, 2.75) is 50.1 Å². The van der Waals surface area contributed by atoms with Crippen LogP contribution in [0.15, 0.2) is 24.3 Å². The van der Waals surface area contributed by atoms with Crippen LogP contribution in [0.4, 0.5) is 14.9 Å². The molecule has 1 atom stereocenters. The number of nitrogens with two attached hydrogens (primary N) is 1. The number of carbonyl (C=O) groups excluding carboxylic acids is 2. The van der Waals surface area contributed by atoms with Crippen molar-refractivity contribution in [2.75, 3.05) is 18.4 Å². The molecule has 6 nitrogen and oxygen atoms in total. The van der Waals surface area contributed by atoms with Crippen LogP contribution in [0, 0.1) is 5.82 Å². The summed E-state index contributed by atoms with van der Waals surface area (Å²) in [6, 6.07) is 5.12. The molecule has 8 heteroatoms. The van der Waals surface area contributed by atoms with Gasteiger partial charge in [0.15, 0.2) is 0 Å². The highest BCUT2D eigenvalue weighted by Crippen LogP contribution is 2.29. The average molecular weight is 385 g/mol. The molecule has 4 N–H and O–H groups in total. The van der Waals surface area contributed by atoms with Crippen molar-refractivity contribution in [1.29, 1.82) is 0 Å². The number of nitrogens with one attached hydrogen (secondary N) is 2. The number of nitrogens with zero attached hydrogens (tertiary/aromatic N) is 1. The molecular formula is C18H26ClFN4O2. The minimum atomic E-state index is -0.733. The third kappa shape index (κ3) is 4.86. The quantitative estimate of drug-likeness (QED) is 0.748. The Morgan fingerprint density at radius 1 is 1.15 bits per heavy atom. The second kappa shape index (κ2) is 8.68. The van der Waals surface area contributed by atoms with Gasteiger partial charge in [-0.3, -0.25) is 4.79 Å². The Labute approximate surface area is 159 Å². The summed E-state index contributed by atoms with van der Waals surface area (Å²) < 4.78 is 12.9. The van der Waals surface area contributed by atoms with Gasteiger partial charge in [0.05, 0.1) is 5.54 Å². The number of likely N-dealkylation sites (tertiary alicyclic amines) is 1. The van der Waals surface area contributed by atoms with Gasteiger partial charge in [-0.25, -0.2) is 9.18 Å². The Hall–Kier alpha value is -1.86. The lowest BCUT2D eigenvalue weighted by atomic mass is 9.81. The number of hydrogen-bond acceptors (Lipinski definition) is 3. The Morgan fingerprint density at radius 3 is 2.46 bits per heavy atom. The molecule has 3 rings (SSSR count). The monoisotopic (exact) mass is 384 g/mol. The number of benzene rings is 1. The predicted octanol–water partition coefficient (Wildman–Crippen LogP) is 2.63. The predicted molar refractivity (Wildman–Crippen MR) is 101 cm³/mol. The van der Waals surface area contributed by atoms with Gasteiger partial charge in [0.1, 0.15) is 5.82 Å². The van der Waals surface area contributed by atoms with Crippen LogP contribution in [0.3, 0.4) is 0 Å². The molecule has 1 heterocycles. The van der Waals surface area contributed by atoms with E-state index >= 15 is 0 Å². The fourth-order valence-corrected chi connectivity index (χ4v) is 3.66. The summed E-state index contributed by atoms with van der Waals surface area (Å²) in [5, 5.41) is 5.53. The third-order valence-corrected chi connectivity index (χ3v) is 5.08. The number of halogens is 2. The molecule has 0 radical (unpaired) electrons. The number of anilines is 1. The molecule has 0 bridgehead atoms. The van der Waals surface area contributed by atoms with Gasteiger partial charge >= 0.3 is 6.03 Å². The number of carbonyl (C=O) groups is 2. The minimum absolute atomic E-state index is 0. The van der Waals surface area contributed by atoms with E-state index < -0.39 is 5.54 Å². The van der Waals surface area contributed by atoms with Gasteiger partial charge in [0.25, 0.3) is 0 Å². The lowest BCUT2D eigenvalue weighted by molar-refractivity contribution is -0.137. The lowest BCUT2D eigenvalue weighted by Crippen LogP contribution is -2.56. The fraction of sp³-hybridized carbons (Fsp3) is 0.556. The third-order valence-electron chi connectivity index (χ3n) is 5.08. The Morgan fingerprint density at radius 2 is 1.81 bits per heavy atom. The van der Waals surface area contributed by atoms with Crippen molar-refractivity contribution in [3.05, 3.63) is 30.1 Å². The van der Waals surface area contributed by atoms with Crippen LogP contribution in [0.5, 0.6) is 0 Å². The van der Waals surface area contributed by atoms with E-state index in [-0.39, 0.29) is 36.2 Å². The Kier molecular flexibility index (Phi) is 6.83. The summed E-state index contributed by atoms with van der Waals surface area (Å²) in [6.07, 6.45) is 5.32. The summed E-state index contributed by atoms with van der Waals surface area (Å²) in [5.74, 6) is -0.343. The molecule has 1 unspecified atom stereocenters. The summed E-state index contributed by atoms with van der Waals surface area (Å²) in [4.78, 5) is 26.5. The lowest BCUT2D eigenvalue weighted by Gasteiger charge is -2.35. The summed E-state index contributed by atoms with van der Waals surface area (Å²) in [7, 11) is 0. The number of rotatable bonds is 3. The zero-order valence-corrected chi connectivity index (χ0v) is 15.5. The van der Waals surface area contributed by atoms with Crippen LogP contribution in [0.1, 0.15) is 38.5 Å². The van der Waals surface area contributed by atoms with E-state index in [0.29, 0.717) is 25.2 Å². The topological polar surface area (TPSA) is 87.5 Å². The molecule has 1 aromatic rings. The Balaban J connectivity index is 0.00000243. The van der Waals surface area contributed by atoms with Crippen LogP contribution in [-0.2, 0) is 4.79 Å². The number of urea groups is 1. The molecule has 0 aromatic heterocycles. The minimum Gasteiger partial charge on any atom is -0.339 e. The van der Waals surface area contributed by atoms with E-state index in [0.717, 1.165) is 32.1 Å². The molecule has 0 spiro atoms. The zero-order chi connectivity index (χ0) is 17.9. The van der Waals surface area contributed by atoms with Gasteiger partial charge in [-0.15, -0.1) is 12.4 Å². The first-order valence-electron chi connectivity index (χ1n) is 8.88. The normalized spacial score (nSPS) is 21.6. The van der Waals surface area contributed by atoms with Crippen LogP contribution < -0.4 is 16.4 Å². The SMILES string of the molecule is Cl.NC1(C(=O)N2CCC(NC(=O)Nc3ccc(F)cc3)C2)CCCCC1. The first-order chi connectivity index (χ1) is 12.0. The Bertz CT molecular complexity index is 635. The van der Waals surface area contributed by atoms with Crippen molar-refractivity contribution < 1.29 is 14.0 Å². The van der Waals surface area contributed by atoms with Crippen molar-refractivity contribution >= 4 is 30.0 Å². The highest BCUT2D eigenvalue weighted by molar-refractivity contribution is 5.90. The molecular weight excluding hydrogens is 359 g/mol. The first-order valence-corrected chi connectivity index (χ1v) is 8.88. The maximum absolute atomic E-state index is 12.9. The smallest absolute Gasteiger partial charge is 0.319 e. The average Bonchev–Trinajstić information content (AvgIpc) is 3.05.